The van der Waals surface area contributed by atoms with E-state index in [1.54, 1.807) is 19.2 Å². The van der Waals surface area contributed by atoms with Crippen molar-refractivity contribution < 1.29 is 14.5 Å². The van der Waals surface area contributed by atoms with Gasteiger partial charge >= 0.3 is 0 Å². The van der Waals surface area contributed by atoms with Gasteiger partial charge in [-0.1, -0.05) is 18.2 Å². The van der Waals surface area contributed by atoms with Crippen molar-refractivity contribution in [1.82, 2.24) is 5.32 Å². The van der Waals surface area contributed by atoms with Crippen molar-refractivity contribution in [3.05, 3.63) is 62.6 Å². The summed E-state index contributed by atoms with van der Waals surface area (Å²) in [6.07, 6.45) is 0. The number of rotatable bonds is 7. The molecule has 1 atom stereocenters. The summed E-state index contributed by atoms with van der Waals surface area (Å²) >= 11 is 3.43. The van der Waals surface area contributed by atoms with Crippen molar-refractivity contribution in [2.45, 2.75) is 13.0 Å². The van der Waals surface area contributed by atoms with E-state index in [-0.39, 0.29) is 29.9 Å². The Balaban J connectivity index is 1.96. The number of methoxy groups -OCH3 is 1. The van der Waals surface area contributed by atoms with Crippen molar-refractivity contribution in [1.29, 1.82) is 0 Å². The molecule has 2 aromatic rings. The predicted octanol–water partition coefficient (Wildman–Crippen LogP) is 3.66. The van der Waals surface area contributed by atoms with Gasteiger partial charge in [-0.3, -0.25) is 14.9 Å². The zero-order valence-corrected chi connectivity index (χ0v) is 15.4. The Morgan fingerprint density at radius 2 is 2.04 bits per heavy atom. The number of carbonyl (C=O) groups excluding carboxylic acids is 1. The highest BCUT2D eigenvalue weighted by Crippen LogP contribution is 2.28. The number of hydrogen-bond donors (Lipinski definition) is 2. The Morgan fingerprint density at radius 3 is 2.68 bits per heavy atom. The van der Waals surface area contributed by atoms with Crippen LogP contribution in [-0.4, -0.2) is 24.5 Å². The van der Waals surface area contributed by atoms with Crippen LogP contribution >= 0.6 is 15.9 Å². The van der Waals surface area contributed by atoms with E-state index < -0.39 is 4.92 Å². The number of nitrogens with zero attached hydrogens (tertiary/aromatic N) is 1. The SMILES string of the molecule is COc1ccc(C(C)NCC(=O)Nc2ccccc2[N+](=O)[O-])cc1Br. The fourth-order valence-electron chi connectivity index (χ4n) is 2.25. The Morgan fingerprint density at radius 1 is 1.32 bits per heavy atom. The third kappa shape index (κ3) is 5.01. The summed E-state index contributed by atoms with van der Waals surface area (Å²) in [5.74, 6) is 0.374. The molecule has 0 aliphatic rings. The van der Waals surface area contributed by atoms with Gasteiger partial charge in [0.1, 0.15) is 11.4 Å². The van der Waals surface area contributed by atoms with E-state index in [0.717, 1.165) is 15.8 Å². The lowest BCUT2D eigenvalue weighted by molar-refractivity contribution is -0.383. The van der Waals surface area contributed by atoms with E-state index in [2.05, 4.69) is 26.6 Å². The molecular weight excluding hydrogens is 390 g/mol. The number of nitrogens with one attached hydrogen (secondary N) is 2. The first-order chi connectivity index (χ1) is 11.9. The summed E-state index contributed by atoms with van der Waals surface area (Å²) in [6, 6.07) is 11.6. The quantitative estimate of drug-likeness (QED) is 0.539. The maximum Gasteiger partial charge on any atom is 0.292 e. The number of benzene rings is 2. The normalized spacial score (nSPS) is 11.6. The van der Waals surface area contributed by atoms with Crippen molar-refractivity contribution in [2.75, 3.05) is 19.0 Å². The highest BCUT2D eigenvalue weighted by atomic mass is 79.9. The number of halogens is 1. The first kappa shape index (κ1) is 18.9. The number of nitro groups is 1. The molecule has 0 aliphatic carbocycles. The number of ether oxygens (including phenoxy) is 1. The van der Waals surface area contributed by atoms with Crippen LogP contribution in [0.5, 0.6) is 5.75 Å². The lowest BCUT2D eigenvalue weighted by atomic mass is 10.1. The van der Waals surface area contributed by atoms with Crippen molar-refractivity contribution >= 4 is 33.2 Å². The number of carbonyl (C=O) groups is 1. The van der Waals surface area contributed by atoms with Crippen LogP contribution in [-0.2, 0) is 4.79 Å². The van der Waals surface area contributed by atoms with E-state index in [1.807, 2.05) is 25.1 Å². The molecule has 132 valence electrons. The number of amides is 1. The van der Waals surface area contributed by atoms with Crippen LogP contribution in [0.25, 0.3) is 0 Å². The molecule has 2 rings (SSSR count). The number of para-hydroxylation sites is 2. The maximum absolute atomic E-state index is 12.1. The van der Waals surface area contributed by atoms with E-state index in [0.29, 0.717) is 0 Å². The van der Waals surface area contributed by atoms with Crippen molar-refractivity contribution in [3.8, 4) is 5.75 Å². The molecule has 2 aromatic carbocycles. The standard InChI is InChI=1S/C17H18BrN3O4/c1-11(12-7-8-16(25-2)13(18)9-12)19-10-17(22)20-14-5-3-4-6-15(14)21(23)24/h3-9,11,19H,10H2,1-2H3,(H,20,22). The average Bonchev–Trinajstić information content (AvgIpc) is 2.59. The first-order valence-electron chi connectivity index (χ1n) is 7.52. The average molecular weight is 408 g/mol. The molecular formula is C17H18BrN3O4. The molecule has 1 amide bonds. The van der Waals surface area contributed by atoms with Crippen molar-refractivity contribution in [2.24, 2.45) is 0 Å². The molecule has 0 bridgehead atoms. The molecule has 0 aliphatic heterocycles. The van der Waals surface area contributed by atoms with Gasteiger partial charge in [0, 0.05) is 12.1 Å². The van der Waals surface area contributed by atoms with Gasteiger partial charge in [-0.25, -0.2) is 0 Å². The Hall–Kier alpha value is -2.45. The molecule has 25 heavy (non-hydrogen) atoms. The maximum atomic E-state index is 12.1. The first-order valence-corrected chi connectivity index (χ1v) is 8.31. The molecule has 0 heterocycles. The molecule has 0 fully saturated rings. The molecule has 0 radical (unpaired) electrons. The third-order valence-electron chi connectivity index (χ3n) is 3.62. The second-order valence-corrected chi connectivity index (χ2v) is 6.17. The fraction of sp³-hybridized carbons (Fsp3) is 0.235. The van der Waals surface area contributed by atoms with Crippen LogP contribution in [0.2, 0.25) is 0 Å². The monoisotopic (exact) mass is 407 g/mol. The van der Waals surface area contributed by atoms with Crippen LogP contribution in [0, 0.1) is 10.1 Å². The molecule has 1 unspecified atom stereocenters. The lowest BCUT2D eigenvalue weighted by Gasteiger charge is -2.15. The van der Waals surface area contributed by atoms with Crippen LogP contribution < -0.4 is 15.4 Å². The summed E-state index contributed by atoms with van der Waals surface area (Å²) in [4.78, 5) is 22.5. The number of nitro benzene ring substituents is 1. The zero-order chi connectivity index (χ0) is 18.4. The summed E-state index contributed by atoms with van der Waals surface area (Å²) < 4.78 is 6.01. The number of hydrogen-bond acceptors (Lipinski definition) is 5. The summed E-state index contributed by atoms with van der Waals surface area (Å²) in [6.45, 7) is 1.95. The highest BCUT2D eigenvalue weighted by Gasteiger charge is 2.15. The van der Waals surface area contributed by atoms with Gasteiger partial charge in [0.05, 0.1) is 23.1 Å². The van der Waals surface area contributed by atoms with Gasteiger partial charge in [0.2, 0.25) is 5.91 Å². The fourth-order valence-corrected chi connectivity index (χ4v) is 2.81. The third-order valence-corrected chi connectivity index (χ3v) is 4.24. The molecule has 2 N–H and O–H groups in total. The predicted molar refractivity (Wildman–Crippen MR) is 98.8 cm³/mol. The smallest absolute Gasteiger partial charge is 0.292 e. The Bertz CT molecular complexity index is 782. The van der Waals surface area contributed by atoms with Gasteiger partial charge in [-0.15, -0.1) is 0 Å². The molecule has 0 spiro atoms. The van der Waals surface area contributed by atoms with Gasteiger partial charge in [-0.2, -0.15) is 0 Å². The Labute approximate surface area is 153 Å². The molecule has 7 nitrogen and oxygen atoms in total. The van der Waals surface area contributed by atoms with Crippen LogP contribution in [0.15, 0.2) is 46.9 Å². The largest absolute Gasteiger partial charge is 0.496 e. The van der Waals surface area contributed by atoms with E-state index >= 15 is 0 Å². The highest BCUT2D eigenvalue weighted by molar-refractivity contribution is 9.10. The van der Waals surface area contributed by atoms with E-state index in [9.17, 15) is 14.9 Å². The van der Waals surface area contributed by atoms with Gasteiger partial charge in [-0.05, 0) is 46.6 Å². The molecule has 0 aromatic heterocycles. The number of anilines is 1. The van der Waals surface area contributed by atoms with Gasteiger partial charge in [0.15, 0.2) is 0 Å². The minimum atomic E-state index is -0.527. The zero-order valence-electron chi connectivity index (χ0n) is 13.8. The minimum absolute atomic E-state index is 0.0247. The lowest BCUT2D eigenvalue weighted by Crippen LogP contribution is -2.30. The molecule has 0 saturated heterocycles. The summed E-state index contributed by atoms with van der Waals surface area (Å²) in [5.41, 5.74) is 1.02. The second kappa shape index (κ2) is 8.59. The van der Waals surface area contributed by atoms with Gasteiger partial charge in [0.25, 0.3) is 5.69 Å². The van der Waals surface area contributed by atoms with Gasteiger partial charge < -0.3 is 15.4 Å². The molecule has 0 saturated carbocycles. The minimum Gasteiger partial charge on any atom is -0.496 e. The summed E-state index contributed by atoms with van der Waals surface area (Å²) in [5, 5.41) is 16.6. The van der Waals surface area contributed by atoms with Crippen LogP contribution in [0.4, 0.5) is 11.4 Å². The second-order valence-electron chi connectivity index (χ2n) is 5.32. The van der Waals surface area contributed by atoms with E-state index in [1.165, 1.54) is 12.1 Å². The van der Waals surface area contributed by atoms with E-state index in [4.69, 9.17) is 4.74 Å². The molecule has 8 heteroatoms. The summed E-state index contributed by atoms with van der Waals surface area (Å²) in [7, 11) is 1.59. The van der Waals surface area contributed by atoms with Crippen molar-refractivity contribution in [3.63, 3.8) is 0 Å². The topological polar surface area (TPSA) is 93.5 Å². The van der Waals surface area contributed by atoms with Crippen LogP contribution in [0.3, 0.4) is 0 Å². The Kier molecular flexibility index (Phi) is 6.49. The van der Waals surface area contributed by atoms with Crippen LogP contribution in [0.1, 0.15) is 18.5 Å².